The molecule has 1 rings (SSSR count). The molecule has 0 aliphatic heterocycles. The van der Waals surface area contributed by atoms with E-state index in [2.05, 4.69) is 13.0 Å². The summed E-state index contributed by atoms with van der Waals surface area (Å²) >= 11 is 0. The molecular formula is C8H12O. The lowest BCUT2D eigenvalue weighted by Crippen LogP contribution is -1.96. The number of hydrogen-bond acceptors (Lipinski definition) is 1. The van der Waals surface area contributed by atoms with Crippen LogP contribution in [0.15, 0.2) is 11.6 Å². The van der Waals surface area contributed by atoms with Crippen LogP contribution in [0.2, 0.25) is 0 Å². The highest BCUT2D eigenvalue weighted by molar-refractivity contribution is 5.51. The van der Waals surface area contributed by atoms with Crippen molar-refractivity contribution in [2.75, 3.05) is 0 Å². The van der Waals surface area contributed by atoms with Crippen molar-refractivity contribution in [2.45, 2.75) is 26.2 Å². The van der Waals surface area contributed by atoms with E-state index in [1.807, 2.05) is 0 Å². The monoisotopic (exact) mass is 124 g/mol. The van der Waals surface area contributed by atoms with Gasteiger partial charge in [-0.15, -0.1) is 0 Å². The Morgan fingerprint density at radius 1 is 1.89 bits per heavy atom. The van der Waals surface area contributed by atoms with E-state index in [4.69, 9.17) is 0 Å². The Hall–Kier alpha value is -0.590. The second-order valence-electron chi connectivity index (χ2n) is 2.62. The van der Waals surface area contributed by atoms with E-state index in [0.717, 1.165) is 12.7 Å². The van der Waals surface area contributed by atoms with Gasteiger partial charge >= 0.3 is 0 Å². The SMILES string of the molecule is CC1=CCCC1CC=O. The predicted octanol–water partition coefficient (Wildman–Crippen LogP) is 1.93. The van der Waals surface area contributed by atoms with Gasteiger partial charge in [0.2, 0.25) is 0 Å². The molecule has 0 bridgehead atoms. The molecule has 1 unspecified atom stereocenters. The third kappa shape index (κ3) is 1.41. The quantitative estimate of drug-likeness (QED) is 0.406. The van der Waals surface area contributed by atoms with Gasteiger partial charge in [-0.2, -0.15) is 0 Å². The fourth-order valence-electron chi connectivity index (χ4n) is 1.33. The molecule has 0 saturated heterocycles. The first kappa shape index (κ1) is 6.53. The first-order valence-electron chi connectivity index (χ1n) is 3.45. The molecule has 0 saturated carbocycles. The van der Waals surface area contributed by atoms with Gasteiger partial charge < -0.3 is 4.79 Å². The summed E-state index contributed by atoms with van der Waals surface area (Å²) in [6.07, 6.45) is 6.33. The van der Waals surface area contributed by atoms with Crippen molar-refractivity contribution in [3.63, 3.8) is 0 Å². The summed E-state index contributed by atoms with van der Waals surface area (Å²) in [7, 11) is 0. The number of hydrogen-bond donors (Lipinski definition) is 0. The highest BCUT2D eigenvalue weighted by Gasteiger charge is 2.13. The Morgan fingerprint density at radius 2 is 2.67 bits per heavy atom. The van der Waals surface area contributed by atoms with Crippen LogP contribution in [0, 0.1) is 5.92 Å². The van der Waals surface area contributed by atoms with Gasteiger partial charge in [0, 0.05) is 6.42 Å². The van der Waals surface area contributed by atoms with Gasteiger partial charge in [-0.3, -0.25) is 0 Å². The molecule has 0 aromatic heterocycles. The zero-order valence-electron chi connectivity index (χ0n) is 5.76. The van der Waals surface area contributed by atoms with Crippen LogP contribution in [-0.2, 0) is 4.79 Å². The third-order valence-corrected chi connectivity index (χ3v) is 2.01. The predicted molar refractivity (Wildman–Crippen MR) is 37.2 cm³/mol. The molecule has 0 fully saturated rings. The van der Waals surface area contributed by atoms with E-state index in [1.54, 1.807) is 0 Å². The standard InChI is InChI=1S/C8H12O/c1-7-3-2-4-8(7)5-6-9/h3,6,8H,2,4-5H2,1H3. The van der Waals surface area contributed by atoms with E-state index in [1.165, 1.54) is 18.4 Å². The van der Waals surface area contributed by atoms with Gasteiger partial charge in [0.25, 0.3) is 0 Å². The van der Waals surface area contributed by atoms with Crippen LogP contribution in [0.5, 0.6) is 0 Å². The first-order valence-corrected chi connectivity index (χ1v) is 3.45. The third-order valence-electron chi connectivity index (χ3n) is 2.01. The summed E-state index contributed by atoms with van der Waals surface area (Å²) in [5.41, 5.74) is 1.40. The number of carbonyl (C=O) groups is 1. The number of allylic oxidation sites excluding steroid dienone is 2. The van der Waals surface area contributed by atoms with E-state index in [9.17, 15) is 4.79 Å². The Morgan fingerprint density at radius 3 is 3.11 bits per heavy atom. The van der Waals surface area contributed by atoms with E-state index in [0.29, 0.717) is 5.92 Å². The van der Waals surface area contributed by atoms with Crippen LogP contribution in [0.4, 0.5) is 0 Å². The summed E-state index contributed by atoms with van der Waals surface area (Å²) in [5, 5.41) is 0. The molecule has 1 aliphatic rings. The number of carbonyl (C=O) groups excluding carboxylic acids is 1. The van der Waals surface area contributed by atoms with Crippen LogP contribution in [0.25, 0.3) is 0 Å². The lowest BCUT2D eigenvalue weighted by Gasteiger charge is -2.04. The maximum atomic E-state index is 10.1. The largest absolute Gasteiger partial charge is 0.303 e. The minimum absolute atomic E-state index is 0.572. The number of aldehydes is 1. The fourth-order valence-corrected chi connectivity index (χ4v) is 1.33. The molecular weight excluding hydrogens is 112 g/mol. The zero-order valence-corrected chi connectivity index (χ0v) is 5.76. The molecule has 0 aromatic rings. The normalized spacial score (nSPS) is 25.9. The lowest BCUT2D eigenvalue weighted by molar-refractivity contribution is -0.108. The van der Waals surface area contributed by atoms with Gasteiger partial charge in [-0.1, -0.05) is 11.6 Å². The Bertz CT molecular complexity index is 136. The molecule has 1 heteroatoms. The van der Waals surface area contributed by atoms with Gasteiger partial charge in [0.15, 0.2) is 0 Å². The topological polar surface area (TPSA) is 17.1 Å². The van der Waals surface area contributed by atoms with E-state index < -0.39 is 0 Å². The zero-order chi connectivity index (χ0) is 6.69. The van der Waals surface area contributed by atoms with Crippen LogP contribution in [-0.4, -0.2) is 6.29 Å². The highest BCUT2D eigenvalue weighted by atomic mass is 16.1. The second-order valence-corrected chi connectivity index (χ2v) is 2.62. The van der Waals surface area contributed by atoms with Crippen molar-refractivity contribution in [1.29, 1.82) is 0 Å². The second kappa shape index (κ2) is 2.81. The first-order chi connectivity index (χ1) is 4.34. The summed E-state index contributed by atoms with van der Waals surface area (Å²) in [4.78, 5) is 10.1. The molecule has 0 amide bonds. The lowest BCUT2D eigenvalue weighted by atomic mass is 10.0. The molecule has 1 nitrogen and oxygen atoms in total. The minimum Gasteiger partial charge on any atom is -0.303 e. The molecule has 0 spiro atoms. The van der Waals surface area contributed by atoms with Crippen LogP contribution < -0.4 is 0 Å². The van der Waals surface area contributed by atoms with Gasteiger partial charge in [-0.05, 0) is 25.7 Å². The van der Waals surface area contributed by atoms with E-state index >= 15 is 0 Å². The summed E-state index contributed by atoms with van der Waals surface area (Å²) in [6, 6.07) is 0. The maximum absolute atomic E-state index is 10.1. The van der Waals surface area contributed by atoms with Crippen molar-refractivity contribution in [2.24, 2.45) is 5.92 Å². The minimum atomic E-state index is 0.572. The van der Waals surface area contributed by atoms with Crippen molar-refractivity contribution >= 4 is 6.29 Å². The average molecular weight is 124 g/mol. The molecule has 1 aliphatic carbocycles. The van der Waals surface area contributed by atoms with Gasteiger partial charge in [0.05, 0.1) is 0 Å². The van der Waals surface area contributed by atoms with Crippen molar-refractivity contribution in [1.82, 2.24) is 0 Å². The Labute approximate surface area is 55.8 Å². The smallest absolute Gasteiger partial charge is 0.120 e. The molecule has 1 atom stereocenters. The fraction of sp³-hybridized carbons (Fsp3) is 0.625. The van der Waals surface area contributed by atoms with E-state index in [-0.39, 0.29) is 0 Å². The van der Waals surface area contributed by atoms with Crippen molar-refractivity contribution < 1.29 is 4.79 Å². The summed E-state index contributed by atoms with van der Waals surface area (Å²) < 4.78 is 0. The van der Waals surface area contributed by atoms with Crippen molar-refractivity contribution in [3.8, 4) is 0 Å². The van der Waals surface area contributed by atoms with Crippen LogP contribution >= 0.6 is 0 Å². The van der Waals surface area contributed by atoms with Crippen molar-refractivity contribution in [3.05, 3.63) is 11.6 Å². The molecule has 9 heavy (non-hydrogen) atoms. The van der Waals surface area contributed by atoms with Gasteiger partial charge in [-0.25, -0.2) is 0 Å². The Balaban J connectivity index is 2.42. The maximum Gasteiger partial charge on any atom is 0.120 e. The highest BCUT2D eigenvalue weighted by Crippen LogP contribution is 2.26. The molecule has 0 heterocycles. The van der Waals surface area contributed by atoms with Crippen LogP contribution in [0.3, 0.4) is 0 Å². The molecule has 0 aromatic carbocycles. The molecule has 0 radical (unpaired) electrons. The van der Waals surface area contributed by atoms with Crippen LogP contribution in [0.1, 0.15) is 26.2 Å². The Kier molecular flexibility index (Phi) is 2.04. The number of rotatable bonds is 2. The van der Waals surface area contributed by atoms with Gasteiger partial charge in [0.1, 0.15) is 6.29 Å². The summed E-state index contributed by atoms with van der Waals surface area (Å²) in [6.45, 7) is 2.11. The molecule has 0 N–H and O–H groups in total. The average Bonchev–Trinajstić information content (AvgIpc) is 2.18. The summed E-state index contributed by atoms with van der Waals surface area (Å²) in [5.74, 6) is 0.572. The molecule has 50 valence electrons.